The van der Waals surface area contributed by atoms with Crippen LogP contribution in [0.1, 0.15) is 37.9 Å². The van der Waals surface area contributed by atoms with Crippen LogP contribution in [0, 0.1) is 0 Å². The zero-order valence-electron chi connectivity index (χ0n) is 9.25. The van der Waals surface area contributed by atoms with E-state index >= 15 is 0 Å². The molecule has 0 bridgehead atoms. The predicted molar refractivity (Wildman–Crippen MR) is 61.2 cm³/mol. The number of anilines is 1. The van der Waals surface area contributed by atoms with E-state index in [0.29, 0.717) is 0 Å². The van der Waals surface area contributed by atoms with Crippen LogP contribution in [0.4, 0.5) is 5.13 Å². The fourth-order valence-corrected chi connectivity index (χ4v) is 2.75. The van der Waals surface area contributed by atoms with Crippen LogP contribution in [-0.2, 0) is 10.3 Å². The quantitative estimate of drug-likeness (QED) is 0.861. The molecule has 0 unspecified atom stereocenters. The van der Waals surface area contributed by atoms with E-state index in [-0.39, 0.29) is 5.60 Å². The van der Waals surface area contributed by atoms with Gasteiger partial charge in [0, 0.05) is 25.7 Å². The maximum Gasteiger partial charge on any atom is 0.202 e. The lowest BCUT2D eigenvalue weighted by atomic mass is 9.84. The van der Waals surface area contributed by atoms with Crippen LogP contribution >= 0.6 is 11.5 Å². The summed E-state index contributed by atoms with van der Waals surface area (Å²) in [6.45, 7) is 0. The van der Waals surface area contributed by atoms with Gasteiger partial charge >= 0.3 is 0 Å². The molecule has 1 heterocycles. The highest BCUT2D eigenvalue weighted by Crippen LogP contribution is 2.39. The normalized spacial score (nSPS) is 20.1. The number of hydrogen-bond acceptors (Lipinski definition) is 5. The van der Waals surface area contributed by atoms with Crippen molar-refractivity contribution < 1.29 is 4.74 Å². The standard InChI is InChI=1S/C10H17N3OS/c1-11-9-12-8(13-15-9)10(14-2)6-4-3-5-7-10/h3-7H2,1-2H3,(H,11,12,13). The summed E-state index contributed by atoms with van der Waals surface area (Å²) in [6, 6.07) is 0. The van der Waals surface area contributed by atoms with Crippen LogP contribution in [-0.4, -0.2) is 23.5 Å². The van der Waals surface area contributed by atoms with Gasteiger partial charge in [-0.2, -0.15) is 4.37 Å². The molecule has 15 heavy (non-hydrogen) atoms. The molecule has 0 radical (unpaired) electrons. The van der Waals surface area contributed by atoms with Gasteiger partial charge in [0.15, 0.2) is 5.82 Å². The molecule has 1 aliphatic rings. The molecular weight excluding hydrogens is 210 g/mol. The number of aromatic nitrogens is 2. The molecule has 0 saturated heterocycles. The Hall–Kier alpha value is -0.680. The van der Waals surface area contributed by atoms with Crippen molar-refractivity contribution in [2.75, 3.05) is 19.5 Å². The van der Waals surface area contributed by atoms with Crippen molar-refractivity contribution in [3.05, 3.63) is 5.82 Å². The van der Waals surface area contributed by atoms with Gasteiger partial charge in [0.1, 0.15) is 5.60 Å². The minimum absolute atomic E-state index is 0.218. The predicted octanol–water partition coefficient (Wildman–Crippen LogP) is 2.39. The van der Waals surface area contributed by atoms with Gasteiger partial charge in [-0.15, -0.1) is 0 Å². The van der Waals surface area contributed by atoms with Gasteiger partial charge in [-0.3, -0.25) is 0 Å². The van der Waals surface area contributed by atoms with Gasteiger partial charge in [0.2, 0.25) is 5.13 Å². The molecule has 0 atom stereocenters. The second-order valence-corrected chi connectivity index (χ2v) is 4.68. The summed E-state index contributed by atoms with van der Waals surface area (Å²) in [4.78, 5) is 4.47. The number of rotatable bonds is 3. The van der Waals surface area contributed by atoms with Gasteiger partial charge in [0.05, 0.1) is 0 Å². The molecule has 1 N–H and O–H groups in total. The smallest absolute Gasteiger partial charge is 0.202 e. The van der Waals surface area contributed by atoms with Crippen molar-refractivity contribution in [1.82, 2.24) is 9.36 Å². The molecule has 0 aliphatic heterocycles. The lowest BCUT2D eigenvalue weighted by Gasteiger charge is -2.33. The third-order valence-electron chi connectivity index (χ3n) is 3.10. The van der Waals surface area contributed by atoms with E-state index in [2.05, 4.69) is 14.7 Å². The average Bonchev–Trinajstić information content (AvgIpc) is 2.79. The second kappa shape index (κ2) is 4.45. The SMILES string of the molecule is CNc1nc(C2(OC)CCCCC2)ns1. The lowest BCUT2D eigenvalue weighted by Crippen LogP contribution is -2.32. The summed E-state index contributed by atoms with van der Waals surface area (Å²) in [7, 11) is 3.63. The third kappa shape index (κ3) is 1.99. The van der Waals surface area contributed by atoms with E-state index in [0.717, 1.165) is 23.8 Å². The largest absolute Gasteiger partial charge is 0.370 e. The summed E-state index contributed by atoms with van der Waals surface area (Å²) in [5, 5.41) is 3.88. The maximum atomic E-state index is 5.68. The monoisotopic (exact) mass is 227 g/mol. The van der Waals surface area contributed by atoms with Crippen molar-refractivity contribution in [3.63, 3.8) is 0 Å². The summed E-state index contributed by atoms with van der Waals surface area (Å²) < 4.78 is 10.1. The zero-order chi connectivity index (χ0) is 10.7. The molecular formula is C10H17N3OS. The highest BCUT2D eigenvalue weighted by atomic mass is 32.1. The van der Waals surface area contributed by atoms with E-state index < -0.39 is 0 Å². The van der Waals surface area contributed by atoms with E-state index in [9.17, 15) is 0 Å². The first kappa shape index (κ1) is 10.8. The molecule has 84 valence electrons. The zero-order valence-corrected chi connectivity index (χ0v) is 10.1. The van der Waals surface area contributed by atoms with Crippen LogP contribution in [0.15, 0.2) is 0 Å². The highest BCUT2D eigenvalue weighted by Gasteiger charge is 2.37. The topological polar surface area (TPSA) is 47.0 Å². The summed E-state index contributed by atoms with van der Waals surface area (Å²) in [5.74, 6) is 0.860. The molecule has 1 aromatic rings. The second-order valence-electron chi connectivity index (χ2n) is 3.93. The van der Waals surface area contributed by atoms with Gasteiger partial charge in [-0.25, -0.2) is 4.98 Å². The van der Waals surface area contributed by atoms with Crippen molar-refractivity contribution in [2.45, 2.75) is 37.7 Å². The first-order valence-corrected chi connectivity index (χ1v) is 6.15. The van der Waals surface area contributed by atoms with Gasteiger partial charge < -0.3 is 10.1 Å². The van der Waals surface area contributed by atoms with Crippen LogP contribution in [0.5, 0.6) is 0 Å². The Bertz CT molecular complexity index is 320. The number of ether oxygens (including phenoxy) is 1. The van der Waals surface area contributed by atoms with Gasteiger partial charge in [0.25, 0.3) is 0 Å². The van der Waals surface area contributed by atoms with Gasteiger partial charge in [-0.05, 0) is 12.8 Å². The lowest BCUT2D eigenvalue weighted by molar-refractivity contribution is -0.0505. The first-order valence-electron chi connectivity index (χ1n) is 5.38. The fraction of sp³-hybridized carbons (Fsp3) is 0.800. The van der Waals surface area contributed by atoms with Crippen molar-refractivity contribution in [1.29, 1.82) is 0 Å². The Morgan fingerprint density at radius 1 is 1.33 bits per heavy atom. The summed E-state index contributed by atoms with van der Waals surface area (Å²) >= 11 is 1.40. The van der Waals surface area contributed by atoms with Crippen molar-refractivity contribution in [2.24, 2.45) is 0 Å². The molecule has 1 saturated carbocycles. The van der Waals surface area contributed by atoms with Crippen LogP contribution < -0.4 is 5.32 Å². The fourth-order valence-electron chi connectivity index (χ4n) is 2.15. The average molecular weight is 227 g/mol. The van der Waals surface area contributed by atoms with Crippen LogP contribution in [0.3, 0.4) is 0 Å². The molecule has 0 spiro atoms. The number of nitrogens with zero attached hydrogens (tertiary/aromatic N) is 2. The Kier molecular flexibility index (Phi) is 3.21. The van der Waals surface area contributed by atoms with Crippen LogP contribution in [0.2, 0.25) is 0 Å². The van der Waals surface area contributed by atoms with E-state index in [1.165, 1.54) is 30.8 Å². The summed E-state index contributed by atoms with van der Waals surface area (Å²) in [5.41, 5.74) is -0.218. The highest BCUT2D eigenvalue weighted by molar-refractivity contribution is 7.09. The number of hydrogen-bond donors (Lipinski definition) is 1. The molecule has 1 fully saturated rings. The molecule has 2 rings (SSSR count). The molecule has 4 nitrogen and oxygen atoms in total. The Morgan fingerprint density at radius 2 is 2.07 bits per heavy atom. The summed E-state index contributed by atoms with van der Waals surface area (Å²) in [6.07, 6.45) is 5.81. The minimum atomic E-state index is -0.218. The molecule has 1 aromatic heterocycles. The number of methoxy groups -OCH3 is 1. The Labute approximate surface area is 94.2 Å². The first-order chi connectivity index (χ1) is 7.30. The number of nitrogens with one attached hydrogen (secondary N) is 1. The van der Waals surface area contributed by atoms with Gasteiger partial charge in [-0.1, -0.05) is 19.3 Å². The van der Waals surface area contributed by atoms with E-state index in [4.69, 9.17) is 4.74 Å². The van der Waals surface area contributed by atoms with Crippen LogP contribution in [0.25, 0.3) is 0 Å². The third-order valence-corrected chi connectivity index (χ3v) is 3.83. The Morgan fingerprint density at radius 3 is 2.60 bits per heavy atom. The Balaban J connectivity index is 2.24. The molecule has 0 aromatic carbocycles. The minimum Gasteiger partial charge on any atom is -0.370 e. The van der Waals surface area contributed by atoms with E-state index in [1.807, 2.05) is 7.05 Å². The van der Waals surface area contributed by atoms with E-state index in [1.54, 1.807) is 7.11 Å². The van der Waals surface area contributed by atoms with Crippen molar-refractivity contribution in [3.8, 4) is 0 Å². The molecule has 0 amide bonds. The maximum absolute atomic E-state index is 5.68. The molecule has 5 heteroatoms. The van der Waals surface area contributed by atoms with Crippen molar-refractivity contribution >= 4 is 16.7 Å². The molecule has 1 aliphatic carbocycles.